The van der Waals surface area contributed by atoms with Crippen LogP contribution < -0.4 is 10.1 Å². The summed E-state index contributed by atoms with van der Waals surface area (Å²) in [6, 6.07) is 4.18. The van der Waals surface area contributed by atoms with Crippen LogP contribution in [0.5, 0.6) is 5.75 Å². The van der Waals surface area contributed by atoms with E-state index < -0.39 is 0 Å². The van der Waals surface area contributed by atoms with Gasteiger partial charge in [0, 0.05) is 22.1 Å². The molecule has 0 amide bonds. The van der Waals surface area contributed by atoms with Gasteiger partial charge in [0.15, 0.2) is 0 Å². The Balaban J connectivity index is 2.84. The second-order valence-electron chi connectivity index (χ2n) is 5.48. The van der Waals surface area contributed by atoms with Crippen LogP contribution in [0.15, 0.2) is 27.7 Å². The SMILES string of the molecule is C/C(=C\Cl)COc1c(C)cc(Br)cc1CNCC(C)C. The quantitative estimate of drug-likeness (QED) is 0.736. The van der Waals surface area contributed by atoms with Crippen LogP contribution in [0.2, 0.25) is 0 Å². The van der Waals surface area contributed by atoms with E-state index in [0.717, 1.165) is 34.4 Å². The van der Waals surface area contributed by atoms with Crippen molar-refractivity contribution in [3.05, 3.63) is 38.8 Å². The normalized spacial score (nSPS) is 12.1. The van der Waals surface area contributed by atoms with E-state index in [9.17, 15) is 0 Å². The second kappa shape index (κ2) is 8.71. The molecule has 1 N–H and O–H groups in total. The highest BCUT2D eigenvalue weighted by Gasteiger charge is 2.09. The lowest BCUT2D eigenvalue weighted by molar-refractivity contribution is 0.344. The number of ether oxygens (including phenoxy) is 1. The van der Waals surface area contributed by atoms with Crippen molar-refractivity contribution in [3.63, 3.8) is 0 Å². The summed E-state index contributed by atoms with van der Waals surface area (Å²) in [6.45, 7) is 10.7. The maximum Gasteiger partial charge on any atom is 0.127 e. The van der Waals surface area contributed by atoms with Gasteiger partial charge in [-0.1, -0.05) is 41.4 Å². The van der Waals surface area contributed by atoms with Gasteiger partial charge >= 0.3 is 0 Å². The van der Waals surface area contributed by atoms with Crippen LogP contribution in [-0.2, 0) is 6.54 Å². The topological polar surface area (TPSA) is 21.3 Å². The van der Waals surface area contributed by atoms with Gasteiger partial charge in [0.1, 0.15) is 12.4 Å². The van der Waals surface area contributed by atoms with Crippen LogP contribution in [0.4, 0.5) is 0 Å². The van der Waals surface area contributed by atoms with Crippen molar-refractivity contribution in [2.24, 2.45) is 5.92 Å². The summed E-state index contributed by atoms with van der Waals surface area (Å²) in [5.41, 5.74) is 4.86. The summed E-state index contributed by atoms with van der Waals surface area (Å²) in [5.74, 6) is 1.58. The Morgan fingerprint density at radius 3 is 2.75 bits per heavy atom. The summed E-state index contributed by atoms with van der Waals surface area (Å²) in [6.07, 6.45) is 0. The van der Waals surface area contributed by atoms with Gasteiger partial charge in [-0.15, -0.1) is 0 Å². The number of hydrogen-bond donors (Lipinski definition) is 1. The highest BCUT2D eigenvalue weighted by atomic mass is 79.9. The summed E-state index contributed by atoms with van der Waals surface area (Å²) >= 11 is 9.23. The molecule has 0 saturated carbocycles. The number of hydrogen-bond acceptors (Lipinski definition) is 2. The van der Waals surface area contributed by atoms with E-state index in [1.807, 2.05) is 6.92 Å². The molecule has 0 aromatic heterocycles. The Bertz CT molecular complexity index is 472. The Labute approximate surface area is 135 Å². The van der Waals surface area contributed by atoms with Crippen molar-refractivity contribution in [2.75, 3.05) is 13.2 Å². The van der Waals surface area contributed by atoms with Crippen molar-refractivity contribution in [1.82, 2.24) is 5.32 Å². The number of nitrogens with one attached hydrogen (secondary N) is 1. The molecule has 0 aliphatic rings. The Kier molecular flexibility index (Phi) is 7.63. The fraction of sp³-hybridized carbons (Fsp3) is 0.500. The first-order chi connectivity index (χ1) is 9.43. The highest BCUT2D eigenvalue weighted by molar-refractivity contribution is 9.10. The van der Waals surface area contributed by atoms with Gasteiger partial charge in [-0.05, 0) is 49.6 Å². The first-order valence-electron chi connectivity index (χ1n) is 6.82. The molecule has 0 unspecified atom stereocenters. The smallest absolute Gasteiger partial charge is 0.127 e. The summed E-state index contributed by atoms with van der Waals surface area (Å²) < 4.78 is 7.00. The molecule has 0 aliphatic heterocycles. The van der Waals surface area contributed by atoms with Crippen molar-refractivity contribution in [1.29, 1.82) is 0 Å². The standard InChI is InChI=1S/C16H23BrClNO/c1-11(2)8-19-9-14-6-15(17)5-13(4)16(14)20-10-12(3)7-18/h5-7,11,19H,8-10H2,1-4H3/b12-7+. The molecule has 112 valence electrons. The zero-order valence-electron chi connectivity index (χ0n) is 12.6. The highest BCUT2D eigenvalue weighted by Crippen LogP contribution is 2.28. The minimum Gasteiger partial charge on any atom is -0.489 e. The Hall–Kier alpha value is -0.510. The van der Waals surface area contributed by atoms with Crippen LogP contribution in [0.1, 0.15) is 31.9 Å². The molecule has 1 aromatic carbocycles. The van der Waals surface area contributed by atoms with E-state index in [0.29, 0.717) is 12.5 Å². The van der Waals surface area contributed by atoms with Crippen LogP contribution in [0, 0.1) is 12.8 Å². The predicted molar refractivity (Wildman–Crippen MR) is 90.5 cm³/mol. The number of benzene rings is 1. The largest absolute Gasteiger partial charge is 0.489 e. The van der Waals surface area contributed by atoms with Crippen molar-refractivity contribution in [2.45, 2.75) is 34.2 Å². The summed E-state index contributed by atoms with van der Waals surface area (Å²) in [4.78, 5) is 0. The third kappa shape index (κ3) is 5.86. The lowest BCUT2D eigenvalue weighted by Gasteiger charge is -2.16. The molecule has 20 heavy (non-hydrogen) atoms. The Morgan fingerprint density at radius 1 is 1.45 bits per heavy atom. The van der Waals surface area contributed by atoms with Gasteiger partial charge < -0.3 is 10.1 Å². The molecule has 0 atom stereocenters. The van der Waals surface area contributed by atoms with Gasteiger partial charge in [0.25, 0.3) is 0 Å². The fourth-order valence-corrected chi connectivity index (χ4v) is 2.53. The van der Waals surface area contributed by atoms with E-state index in [4.69, 9.17) is 16.3 Å². The van der Waals surface area contributed by atoms with Crippen molar-refractivity contribution < 1.29 is 4.74 Å². The predicted octanol–water partition coefficient (Wildman–Crippen LogP) is 5.02. The number of halogens is 2. The first-order valence-corrected chi connectivity index (χ1v) is 8.05. The molecule has 0 heterocycles. The molecule has 0 radical (unpaired) electrons. The monoisotopic (exact) mass is 359 g/mol. The zero-order valence-corrected chi connectivity index (χ0v) is 14.9. The van der Waals surface area contributed by atoms with E-state index in [-0.39, 0.29) is 0 Å². The Morgan fingerprint density at radius 2 is 2.15 bits per heavy atom. The molecule has 0 bridgehead atoms. The molecule has 0 spiro atoms. The molecule has 0 fully saturated rings. The molecule has 1 rings (SSSR count). The third-order valence-electron chi connectivity index (χ3n) is 2.81. The van der Waals surface area contributed by atoms with Crippen molar-refractivity contribution in [3.8, 4) is 5.75 Å². The van der Waals surface area contributed by atoms with Crippen LogP contribution >= 0.6 is 27.5 Å². The minimum atomic E-state index is 0.517. The molecule has 0 aliphatic carbocycles. The maximum absolute atomic E-state index is 5.92. The maximum atomic E-state index is 5.92. The van der Waals surface area contributed by atoms with Crippen LogP contribution in [0.25, 0.3) is 0 Å². The average Bonchev–Trinajstić information content (AvgIpc) is 2.36. The fourth-order valence-electron chi connectivity index (χ4n) is 1.85. The lowest BCUT2D eigenvalue weighted by Crippen LogP contribution is -2.19. The van der Waals surface area contributed by atoms with Gasteiger partial charge in [-0.25, -0.2) is 0 Å². The summed E-state index contributed by atoms with van der Waals surface area (Å²) in [5, 5.41) is 3.46. The third-order valence-corrected chi connectivity index (χ3v) is 3.65. The van der Waals surface area contributed by atoms with E-state index in [1.54, 1.807) is 5.54 Å². The van der Waals surface area contributed by atoms with Gasteiger partial charge in [0.05, 0.1) is 0 Å². The molecular formula is C16H23BrClNO. The molecule has 0 saturated heterocycles. The minimum absolute atomic E-state index is 0.517. The molecule has 4 heteroatoms. The van der Waals surface area contributed by atoms with E-state index in [1.165, 1.54) is 5.56 Å². The first kappa shape index (κ1) is 17.5. The van der Waals surface area contributed by atoms with Crippen molar-refractivity contribution >= 4 is 27.5 Å². The van der Waals surface area contributed by atoms with Crippen LogP contribution in [-0.4, -0.2) is 13.2 Å². The molecule has 2 nitrogen and oxygen atoms in total. The van der Waals surface area contributed by atoms with Gasteiger partial charge in [-0.2, -0.15) is 0 Å². The van der Waals surface area contributed by atoms with Gasteiger partial charge in [-0.3, -0.25) is 0 Å². The lowest BCUT2D eigenvalue weighted by atomic mass is 10.1. The number of rotatable bonds is 7. The molecule has 1 aromatic rings. The van der Waals surface area contributed by atoms with E-state index >= 15 is 0 Å². The zero-order chi connectivity index (χ0) is 15.1. The average molecular weight is 361 g/mol. The second-order valence-corrected chi connectivity index (χ2v) is 6.61. The molecular weight excluding hydrogens is 338 g/mol. The van der Waals surface area contributed by atoms with E-state index in [2.05, 4.69) is 54.2 Å². The van der Waals surface area contributed by atoms with Crippen LogP contribution in [0.3, 0.4) is 0 Å². The summed E-state index contributed by atoms with van der Waals surface area (Å²) in [7, 11) is 0. The van der Waals surface area contributed by atoms with Gasteiger partial charge in [0.2, 0.25) is 0 Å². The number of aryl methyl sites for hydroxylation is 1.